The van der Waals surface area contributed by atoms with Crippen LogP contribution in [-0.2, 0) is 14.3 Å². The molecule has 1 N–H and O–H groups in total. The third-order valence-corrected chi connectivity index (χ3v) is 4.72. The highest BCUT2D eigenvalue weighted by molar-refractivity contribution is 5.97. The van der Waals surface area contributed by atoms with Gasteiger partial charge in [0.15, 0.2) is 5.78 Å². The van der Waals surface area contributed by atoms with Gasteiger partial charge in [-0.2, -0.15) is 0 Å². The van der Waals surface area contributed by atoms with Crippen molar-refractivity contribution < 1.29 is 23.9 Å². The van der Waals surface area contributed by atoms with Crippen molar-refractivity contribution in [1.82, 2.24) is 5.32 Å². The number of hydrogen-bond donors (Lipinski definition) is 1. The Bertz CT molecular complexity index is 859. The molecule has 30 heavy (non-hydrogen) atoms. The molecule has 0 aliphatic heterocycles. The first-order chi connectivity index (χ1) is 14.6. The van der Waals surface area contributed by atoms with Crippen LogP contribution in [0.15, 0.2) is 54.6 Å². The molecule has 6 nitrogen and oxygen atoms in total. The van der Waals surface area contributed by atoms with E-state index >= 15 is 0 Å². The summed E-state index contributed by atoms with van der Waals surface area (Å²) in [7, 11) is 0. The first-order valence-corrected chi connectivity index (χ1v) is 10.4. The average molecular weight is 409 g/mol. The van der Waals surface area contributed by atoms with E-state index in [1.807, 2.05) is 13.0 Å². The standard InChI is InChI=1S/C24H27NO5/c1-2-16-29-20-12-8-17(9-13-20)21(26)14-15-22(27)30-23(18-6-4-3-5-7-18)24(28)25-19-10-11-19/h3-9,12-13,19,23H,2,10-11,14-16H2,1H3,(H,25,28). The van der Waals surface area contributed by atoms with Gasteiger partial charge in [0, 0.05) is 23.6 Å². The summed E-state index contributed by atoms with van der Waals surface area (Å²) in [6.07, 6.45) is 1.71. The predicted molar refractivity (Wildman–Crippen MR) is 112 cm³/mol. The van der Waals surface area contributed by atoms with Crippen molar-refractivity contribution in [3.8, 4) is 5.75 Å². The van der Waals surface area contributed by atoms with Gasteiger partial charge in [-0.15, -0.1) is 0 Å². The lowest BCUT2D eigenvalue weighted by Crippen LogP contribution is -2.33. The zero-order chi connectivity index (χ0) is 21.3. The Kier molecular flexibility index (Phi) is 7.60. The zero-order valence-electron chi connectivity index (χ0n) is 17.1. The molecule has 0 saturated heterocycles. The van der Waals surface area contributed by atoms with Gasteiger partial charge >= 0.3 is 5.97 Å². The maximum atomic E-state index is 12.5. The van der Waals surface area contributed by atoms with Crippen LogP contribution in [0.3, 0.4) is 0 Å². The number of esters is 1. The summed E-state index contributed by atoms with van der Waals surface area (Å²) in [6.45, 7) is 2.64. The fraction of sp³-hybridized carbons (Fsp3) is 0.375. The minimum Gasteiger partial charge on any atom is -0.494 e. The number of benzene rings is 2. The molecule has 2 aromatic carbocycles. The molecule has 0 spiro atoms. The highest BCUT2D eigenvalue weighted by Gasteiger charge is 2.30. The lowest BCUT2D eigenvalue weighted by Gasteiger charge is -2.18. The van der Waals surface area contributed by atoms with Crippen molar-refractivity contribution in [2.75, 3.05) is 6.61 Å². The molecule has 2 aromatic rings. The van der Waals surface area contributed by atoms with Gasteiger partial charge < -0.3 is 14.8 Å². The molecule has 3 rings (SSSR count). The Morgan fingerprint density at radius 1 is 1.00 bits per heavy atom. The van der Waals surface area contributed by atoms with Gasteiger partial charge in [0.2, 0.25) is 6.10 Å². The Labute approximate surface area is 176 Å². The number of Topliss-reactive ketones (excluding diaryl/α,β-unsaturated/α-hetero) is 1. The molecule has 6 heteroatoms. The van der Waals surface area contributed by atoms with Gasteiger partial charge in [-0.05, 0) is 43.5 Å². The van der Waals surface area contributed by atoms with Gasteiger partial charge in [-0.3, -0.25) is 14.4 Å². The van der Waals surface area contributed by atoms with Crippen LogP contribution in [0.5, 0.6) is 5.75 Å². The van der Waals surface area contributed by atoms with Crippen LogP contribution in [0.25, 0.3) is 0 Å². The minimum absolute atomic E-state index is 0.0136. The third-order valence-electron chi connectivity index (χ3n) is 4.72. The molecule has 1 aliphatic carbocycles. The first-order valence-electron chi connectivity index (χ1n) is 10.4. The topological polar surface area (TPSA) is 81.7 Å². The Morgan fingerprint density at radius 2 is 1.70 bits per heavy atom. The smallest absolute Gasteiger partial charge is 0.307 e. The van der Waals surface area contributed by atoms with Crippen LogP contribution < -0.4 is 10.1 Å². The molecule has 1 aliphatic rings. The molecule has 0 radical (unpaired) electrons. The summed E-state index contributed by atoms with van der Waals surface area (Å²) in [5.41, 5.74) is 1.12. The fourth-order valence-corrected chi connectivity index (χ4v) is 2.91. The summed E-state index contributed by atoms with van der Waals surface area (Å²) in [5, 5.41) is 2.87. The van der Waals surface area contributed by atoms with Crippen LogP contribution in [0.4, 0.5) is 0 Å². The Hall–Kier alpha value is -3.15. The molecule has 158 valence electrons. The van der Waals surface area contributed by atoms with Crippen LogP contribution >= 0.6 is 0 Å². The molecule has 1 saturated carbocycles. The number of ketones is 1. The van der Waals surface area contributed by atoms with E-state index in [4.69, 9.17) is 9.47 Å². The van der Waals surface area contributed by atoms with Gasteiger partial charge in [-0.1, -0.05) is 37.3 Å². The maximum Gasteiger partial charge on any atom is 0.307 e. The van der Waals surface area contributed by atoms with E-state index in [0.29, 0.717) is 23.5 Å². The lowest BCUT2D eigenvalue weighted by molar-refractivity contribution is -0.156. The number of amides is 1. The van der Waals surface area contributed by atoms with E-state index in [-0.39, 0.29) is 30.6 Å². The van der Waals surface area contributed by atoms with Crippen LogP contribution in [0.2, 0.25) is 0 Å². The molecule has 0 bridgehead atoms. The molecule has 1 unspecified atom stereocenters. The number of carbonyl (C=O) groups is 3. The summed E-state index contributed by atoms with van der Waals surface area (Å²) in [5.74, 6) is -0.357. The first kappa shape index (κ1) is 21.6. The van der Waals surface area contributed by atoms with Gasteiger partial charge in [-0.25, -0.2) is 0 Å². The van der Waals surface area contributed by atoms with Crippen molar-refractivity contribution in [2.45, 2.75) is 51.2 Å². The highest BCUT2D eigenvalue weighted by atomic mass is 16.5. The maximum absolute atomic E-state index is 12.5. The zero-order valence-corrected chi connectivity index (χ0v) is 17.1. The second-order valence-electron chi connectivity index (χ2n) is 7.36. The molecule has 1 fully saturated rings. The van der Waals surface area contributed by atoms with Crippen LogP contribution in [0, 0.1) is 0 Å². The largest absolute Gasteiger partial charge is 0.494 e. The van der Waals surface area contributed by atoms with Crippen LogP contribution in [0.1, 0.15) is 61.1 Å². The predicted octanol–water partition coefficient (Wildman–Crippen LogP) is 4.00. The van der Waals surface area contributed by atoms with E-state index in [0.717, 1.165) is 19.3 Å². The summed E-state index contributed by atoms with van der Waals surface area (Å²) in [4.78, 5) is 37.3. The van der Waals surface area contributed by atoms with Crippen molar-refractivity contribution >= 4 is 17.7 Å². The Morgan fingerprint density at radius 3 is 2.33 bits per heavy atom. The van der Waals surface area contributed by atoms with Crippen molar-refractivity contribution in [3.63, 3.8) is 0 Å². The van der Waals surface area contributed by atoms with E-state index in [9.17, 15) is 14.4 Å². The van der Waals surface area contributed by atoms with Gasteiger partial charge in [0.05, 0.1) is 13.0 Å². The molecule has 0 aromatic heterocycles. The van der Waals surface area contributed by atoms with Gasteiger partial charge in [0.25, 0.3) is 5.91 Å². The van der Waals surface area contributed by atoms with E-state index in [2.05, 4.69) is 5.32 Å². The minimum atomic E-state index is -1.01. The summed E-state index contributed by atoms with van der Waals surface area (Å²) < 4.78 is 11.0. The molecule has 1 atom stereocenters. The van der Waals surface area contributed by atoms with Gasteiger partial charge in [0.1, 0.15) is 5.75 Å². The number of nitrogens with one attached hydrogen (secondary N) is 1. The number of hydrogen-bond acceptors (Lipinski definition) is 5. The summed E-state index contributed by atoms with van der Waals surface area (Å²) >= 11 is 0. The average Bonchev–Trinajstić information content (AvgIpc) is 3.59. The van der Waals surface area contributed by atoms with E-state index in [1.54, 1.807) is 48.5 Å². The van der Waals surface area contributed by atoms with E-state index < -0.39 is 12.1 Å². The van der Waals surface area contributed by atoms with E-state index in [1.165, 1.54) is 0 Å². The normalized spacial score (nSPS) is 13.9. The quantitative estimate of drug-likeness (QED) is 0.448. The third kappa shape index (κ3) is 6.44. The second kappa shape index (κ2) is 10.6. The lowest BCUT2D eigenvalue weighted by atomic mass is 10.1. The number of rotatable bonds is 11. The highest BCUT2D eigenvalue weighted by Crippen LogP contribution is 2.24. The monoisotopic (exact) mass is 409 g/mol. The summed E-state index contributed by atoms with van der Waals surface area (Å²) in [6, 6.07) is 15.9. The van der Waals surface area contributed by atoms with Crippen molar-refractivity contribution in [2.24, 2.45) is 0 Å². The SMILES string of the molecule is CCCOc1ccc(C(=O)CCC(=O)OC(C(=O)NC2CC2)c2ccccc2)cc1. The Balaban J connectivity index is 1.54. The molecular formula is C24H27NO5. The second-order valence-corrected chi connectivity index (χ2v) is 7.36. The molecule has 0 heterocycles. The fourth-order valence-electron chi connectivity index (χ4n) is 2.91. The van der Waals surface area contributed by atoms with Crippen molar-refractivity contribution in [3.05, 3.63) is 65.7 Å². The molecule has 1 amide bonds. The molecular weight excluding hydrogens is 382 g/mol. The number of ether oxygens (including phenoxy) is 2. The van der Waals surface area contributed by atoms with Crippen LogP contribution in [-0.4, -0.2) is 30.3 Å². The number of carbonyl (C=O) groups excluding carboxylic acids is 3. The van der Waals surface area contributed by atoms with Crippen molar-refractivity contribution in [1.29, 1.82) is 0 Å².